The molecule has 0 saturated carbocycles. The second-order valence-electron chi connectivity index (χ2n) is 8.67. The van der Waals surface area contributed by atoms with Crippen molar-refractivity contribution >= 4 is 64.8 Å². The van der Waals surface area contributed by atoms with Gasteiger partial charge < -0.3 is 9.11 Å². The van der Waals surface area contributed by atoms with Crippen LogP contribution in [0.15, 0.2) is 82.6 Å². The fourth-order valence-electron chi connectivity index (χ4n) is 4.29. The van der Waals surface area contributed by atoms with Crippen molar-refractivity contribution in [2.45, 2.75) is 62.2 Å². The Morgan fingerprint density at radius 3 is 1.24 bits per heavy atom. The molecule has 0 N–H and O–H groups in total. The van der Waals surface area contributed by atoms with Crippen molar-refractivity contribution in [2.75, 3.05) is 0 Å². The Morgan fingerprint density at radius 2 is 0.919 bits per heavy atom. The van der Waals surface area contributed by atoms with Crippen LogP contribution in [0.25, 0.3) is 21.5 Å². The summed E-state index contributed by atoms with van der Waals surface area (Å²) in [6, 6.07) is 21.4. The van der Waals surface area contributed by atoms with Gasteiger partial charge in [0.1, 0.15) is 20.2 Å². The summed E-state index contributed by atoms with van der Waals surface area (Å²) in [5.41, 5.74) is 1.26. The van der Waals surface area contributed by atoms with Crippen molar-refractivity contribution in [1.29, 1.82) is 0 Å². The fourth-order valence-corrected chi connectivity index (χ4v) is 6.19. The molecule has 0 spiro atoms. The monoisotopic (exact) mass is 550 g/mol. The molecule has 0 aliphatic rings. The molecule has 0 heterocycles. The zero-order valence-corrected chi connectivity index (χ0v) is 24.2. The summed E-state index contributed by atoms with van der Waals surface area (Å²) >= 11 is 0. The second-order valence-corrected chi connectivity index (χ2v) is 11.3. The van der Waals surface area contributed by atoms with Gasteiger partial charge in [0, 0.05) is 0 Å². The van der Waals surface area contributed by atoms with Gasteiger partial charge in [-0.2, -0.15) is 0 Å². The number of rotatable bonds is 8. The van der Waals surface area contributed by atoms with Crippen LogP contribution in [0.5, 0.6) is 0 Å². The molecule has 4 rings (SSSR count). The minimum Gasteiger partial charge on any atom is -0.744 e. The minimum absolute atomic E-state index is 0. The first-order chi connectivity index (χ1) is 17.1. The van der Waals surface area contributed by atoms with Gasteiger partial charge in [0.2, 0.25) is 0 Å². The van der Waals surface area contributed by atoms with Gasteiger partial charge in [0.25, 0.3) is 0 Å². The first-order valence-corrected chi connectivity index (χ1v) is 14.8. The van der Waals surface area contributed by atoms with E-state index in [-0.39, 0.29) is 32.8 Å². The summed E-state index contributed by atoms with van der Waals surface area (Å²) in [7, 11) is -8.88. The van der Waals surface area contributed by atoms with Gasteiger partial charge in [-0.05, 0) is 58.4 Å². The maximum absolute atomic E-state index is 11.5. The number of unbranched alkanes of at least 4 members (excludes halogenated alkanes) is 2. The SMILES string of the molecule is CCCCc1ccc2ccccc2c1S(=O)(=O)[O-].CCCCc1ccc2ccccc2c1S(=O)(=O)[O-].[Mg+2]. The first kappa shape index (κ1) is 31.2. The van der Waals surface area contributed by atoms with E-state index in [0.29, 0.717) is 34.7 Å². The van der Waals surface area contributed by atoms with Gasteiger partial charge in [-0.3, -0.25) is 0 Å². The Hall–Kier alpha value is -2.01. The van der Waals surface area contributed by atoms with E-state index in [1.165, 1.54) is 0 Å². The molecule has 37 heavy (non-hydrogen) atoms. The smallest absolute Gasteiger partial charge is 0.744 e. The third-order valence-electron chi connectivity index (χ3n) is 6.02. The summed E-state index contributed by atoms with van der Waals surface area (Å²) in [5, 5.41) is 2.63. The van der Waals surface area contributed by atoms with Crippen LogP contribution in [0, 0.1) is 0 Å². The quantitative estimate of drug-likeness (QED) is 0.202. The average Bonchev–Trinajstić information content (AvgIpc) is 2.84. The Morgan fingerprint density at radius 1 is 0.568 bits per heavy atom. The number of benzene rings is 4. The van der Waals surface area contributed by atoms with Gasteiger partial charge in [-0.25, -0.2) is 16.8 Å². The molecule has 0 fully saturated rings. The topological polar surface area (TPSA) is 114 Å². The van der Waals surface area contributed by atoms with Crippen LogP contribution in [-0.4, -0.2) is 49.0 Å². The van der Waals surface area contributed by atoms with Crippen molar-refractivity contribution in [1.82, 2.24) is 0 Å². The van der Waals surface area contributed by atoms with Gasteiger partial charge in [-0.15, -0.1) is 0 Å². The summed E-state index contributed by atoms with van der Waals surface area (Å²) in [5.74, 6) is 0. The molecule has 0 aromatic heterocycles. The normalized spacial score (nSPS) is 11.6. The average molecular weight is 551 g/mol. The second kappa shape index (κ2) is 13.7. The predicted molar refractivity (Wildman–Crippen MR) is 147 cm³/mol. The van der Waals surface area contributed by atoms with E-state index in [1.54, 1.807) is 36.4 Å². The zero-order chi connectivity index (χ0) is 26.3. The van der Waals surface area contributed by atoms with E-state index in [2.05, 4.69) is 0 Å². The number of hydrogen-bond acceptors (Lipinski definition) is 6. The molecule has 0 bridgehead atoms. The summed E-state index contributed by atoms with van der Waals surface area (Å²) < 4.78 is 68.9. The minimum atomic E-state index is -4.44. The maximum Gasteiger partial charge on any atom is 2.00 e. The number of fused-ring (bicyclic) bond motifs is 2. The van der Waals surface area contributed by atoms with Crippen molar-refractivity contribution in [3.05, 3.63) is 83.9 Å². The van der Waals surface area contributed by atoms with Crippen LogP contribution in [0.4, 0.5) is 0 Å². The molecule has 0 radical (unpaired) electrons. The molecule has 6 nitrogen and oxygen atoms in total. The molecule has 0 aliphatic carbocycles. The van der Waals surface area contributed by atoms with Gasteiger partial charge in [-0.1, -0.05) is 99.5 Å². The molecular formula is C28H30MgO6S2. The number of aryl methyl sites for hydroxylation is 2. The summed E-state index contributed by atoms with van der Waals surface area (Å²) in [6.45, 7) is 4.07. The molecule has 0 saturated heterocycles. The van der Waals surface area contributed by atoms with Crippen LogP contribution in [0.2, 0.25) is 0 Å². The third kappa shape index (κ3) is 7.99. The van der Waals surface area contributed by atoms with Crippen molar-refractivity contribution in [3.63, 3.8) is 0 Å². The van der Waals surface area contributed by atoms with E-state index in [9.17, 15) is 25.9 Å². The van der Waals surface area contributed by atoms with Gasteiger partial charge in [0.05, 0.1) is 9.79 Å². The molecule has 0 atom stereocenters. The van der Waals surface area contributed by atoms with Crippen molar-refractivity contribution in [2.24, 2.45) is 0 Å². The molecule has 4 aromatic carbocycles. The predicted octanol–water partition coefficient (Wildman–Crippen LogP) is 5.79. The molecule has 0 aliphatic heterocycles. The van der Waals surface area contributed by atoms with Crippen LogP contribution >= 0.6 is 0 Å². The maximum atomic E-state index is 11.5. The Kier molecular flexibility index (Phi) is 11.5. The molecule has 9 heteroatoms. The molecule has 0 unspecified atom stereocenters. The largest absolute Gasteiger partial charge is 2.00 e. The van der Waals surface area contributed by atoms with E-state index in [0.717, 1.165) is 36.5 Å². The third-order valence-corrected chi connectivity index (χ3v) is 7.99. The van der Waals surface area contributed by atoms with E-state index < -0.39 is 20.2 Å². The van der Waals surface area contributed by atoms with E-state index >= 15 is 0 Å². The van der Waals surface area contributed by atoms with Crippen LogP contribution in [0.1, 0.15) is 50.7 Å². The van der Waals surface area contributed by atoms with Crippen molar-refractivity contribution in [3.8, 4) is 0 Å². The van der Waals surface area contributed by atoms with E-state index in [4.69, 9.17) is 0 Å². The van der Waals surface area contributed by atoms with Crippen molar-refractivity contribution < 1.29 is 25.9 Å². The summed E-state index contributed by atoms with van der Waals surface area (Å²) in [4.78, 5) is -0.0944. The fraction of sp³-hybridized carbons (Fsp3) is 0.286. The first-order valence-electron chi connectivity index (χ1n) is 12.0. The standard InChI is InChI=1S/2C14H16O3S.Mg/c2*1-2-3-6-12-10-9-11-7-4-5-8-13(11)14(12)18(15,16)17;/h2*4-5,7-10H,2-3,6H2,1H3,(H,15,16,17);/q;;+2/p-2. The zero-order valence-electron chi connectivity index (χ0n) is 21.1. The molecule has 192 valence electrons. The Labute approximate surface area is 235 Å². The van der Waals surface area contributed by atoms with Crippen LogP contribution in [0.3, 0.4) is 0 Å². The van der Waals surface area contributed by atoms with E-state index in [1.807, 2.05) is 50.2 Å². The molecule has 4 aromatic rings. The Balaban J connectivity index is 0.000000253. The molecular weight excluding hydrogens is 521 g/mol. The van der Waals surface area contributed by atoms with Crippen LogP contribution in [-0.2, 0) is 33.1 Å². The number of hydrogen-bond donors (Lipinski definition) is 0. The Bertz CT molecular complexity index is 1450. The van der Waals surface area contributed by atoms with Gasteiger partial charge >= 0.3 is 23.1 Å². The molecule has 0 amide bonds. The van der Waals surface area contributed by atoms with Gasteiger partial charge in [0.15, 0.2) is 0 Å². The summed E-state index contributed by atoms with van der Waals surface area (Å²) in [6.07, 6.45) is 4.92. The van der Waals surface area contributed by atoms with Crippen LogP contribution < -0.4 is 0 Å².